The van der Waals surface area contributed by atoms with E-state index in [9.17, 15) is 9.59 Å². The second kappa shape index (κ2) is 8.37. The van der Waals surface area contributed by atoms with E-state index in [-0.39, 0.29) is 35.9 Å². The minimum Gasteiger partial charge on any atom is -0.379 e. The van der Waals surface area contributed by atoms with Crippen molar-refractivity contribution in [3.05, 3.63) is 0 Å². The molecule has 1 aliphatic heterocycles. The third-order valence-electron chi connectivity index (χ3n) is 3.79. The molecule has 0 bridgehead atoms. The molecule has 1 heterocycles. The van der Waals surface area contributed by atoms with Crippen LogP contribution in [0.5, 0.6) is 0 Å². The van der Waals surface area contributed by atoms with Gasteiger partial charge in [0.2, 0.25) is 11.8 Å². The van der Waals surface area contributed by atoms with Crippen LogP contribution in [0.1, 0.15) is 53.9 Å². The van der Waals surface area contributed by atoms with E-state index >= 15 is 0 Å². The molecule has 0 radical (unpaired) electrons. The smallest absolute Gasteiger partial charge is 0.245 e. The molecule has 5 heteroatoms. The fourth-order valence-electron chi connectivity index (χ4n) is 2.69. The molecule has 0 aromatic carbocycles. The van der Waals surface area contributed by atoms with E-state index in [1.54, 1.807) is 4.90 Å². The molecule has 2 unspecified atom stereocenters. The van der Waals surface area contributed by atoms with Gasteiger partial charge >= 0.3 is 0 Å². The van der Waals surface area contributed by atoms with Crippen molar-refractivity contribution >= 4 is 11.8 Å². The van der Waals surface area contributed by atoms with E-state index in [1.807, 2.05) is 34.6 Å². The van der Waals surface area contributed by atoms with Crippen molar-refractivity contribution in [2.24, 2.45) is 5.92 Å². The highest BCUT2D eigenvalue weighted by Crippen LogP contribution is 2.19. The Morgan fingerprint density at radius 3 is 2.38 bits per heavy atom. The molecule has 0 saturated carbocycles. The number of unbranched alkanes of at least 4 members (excludes halogenated alkanes) is 1. The highest BCUT2D eigenvalue weighted by molar-refractivity contribution is 5.97. The number of nitrogens with one attached hydrogen (secondary N) is 1. The van der Waals surface area contributed by atoms with Crippen LogP contribution in [0, 0.1) is 5.92 Å². The van der Waals surface area contributed by atoms with Gasteiger partial charge in [-0.1, -0.05) is 20.8 Å². The van der Waals surface area contributed by atoms with Gasteiger partial charge in [-0.25, -0.2) is 0 Å². The van der Waals surface area contributed by atoms with Crippen molar-refractivity contribution in [3.63, 3.8) is 0 Å². The van der Waals surface area contributed by atoms with Crippen LogP contribution < -0.4 is 5.32 Å². The summed E-state index contributed by atoms with van der Waals surface area (Å²) in [5.41, 5.74) is 0. The number of hydrogen-bond donors (Lipinski definition) is 1. The van der Waals surface area contributed by atoms with Gasteiger partial charge in [0.1, 0.15) is 12.1 Å². The van der Waals surface area contributed by atoms with E-state index in [2.05, 4.69) is 5.32 Å². The van der Waals surface area contributed by atoms with Crippen molar-refractivity contribution in [1.29, 1.82) is 0 Å². The van der Waals surface area contributed by atoms with E-state index in [0.717, 1.165) is 12.8 Å². The number of carbonyl (C=O) groups is 2. The first-order valence-electron chi connectivity index (χ1n) is 8.10. The Morgan fingerprint density at radius 1 is 1.19 bits per heavy atom. The van der Waals surface area contributed by atoms with Gasteiger partial charge in [0, 0.05) is 13.2 Å². The third kappa shape index (κ3) is 4.99. The fraction of sp³-hybridized carbons (Fsp3) is 0.875. The first-order chi connectivity index (χ1) is 9.88. The van der Waals surface area contributed by atoms with Crippen molar-refractivity contribution in [2.75, 3.05) is 13.2 Å². The summed E-state index contributed by atoms with van der Waals surface area (Å²) in [6.45, 7) is 11.3. The average Bonchev–Trinajstić information content (AvgIpc) is 2.40. The van der Waals surface area contributed by atoms with Crippen LogP contribution in [0.3, 0.4) is 0 Å². The van der Waals surface area contributed by atoms with Crippen LogP contribution in [0.4, 0.5) is 0 Å². The lowest BCUT2D eigenvalue weighted by molar-refractivity contribution is -0.151. The normalized spacial score (nSPS) is 23.1. The summed E-state index contributed by atoms with van der Waals surface area (Å²) >= 11 is 0. The molecule has 1 N–H and O–H groups in total. The number of amides is 2. The van der Waals surface area contributed by atoms with Gasteiger partial charge in [0.15, 0.2) is 0 Å². The van der Waals surface area contributed by atoms with Gasteiger partial charge in [0.25, 0.3) is 0 Å². The van der Waals surface area contributed by atoms with Crippen molar-refractivity contribution in [2.45, 2.75) is 72.1 Å². The molecule has 0 aromatic rings. The topological polar surface area (TPSA) is 58.6 Å². The quantitative estimate of drug-likeness (QED) is 0.697. The average molecular weight is 298 g/mol. The lowest BCUT2D eigenvalue weighted by Crippen LogP contribution is -2.64. The third-order valence-corrected chi connectivity index (χ3v) is 3.79. The Labute approximate surface area is 128 Å². The summed E-state index contributed by atoms with van der Waals surface area (Å²) in [5, 5.41) is 2.84. The molecule has 0 aromatic heterocycles. The molecule has 5 nitrogen and oxygen atoms in total. The molecule has 1 aliphatic rings. The molecule has 0 aliphatic carbocycles. The van der Waals surface area contributed by atoms with Crippen LogP contribution in [0.2, 0.25) is 0 Å². The number of rotatable bonds is 8. The maximum absolute atomic E-state index is 12.5. The molecular weight excluding hydrogens is 268 g/mol. The Bertz CT molecular complexity index is 355. The Balaban J connectivity index is 2.59. The number of piperazine rings is 1. The molecule has 0 spiro atoms. The minimum absolute atomic E-state index is 0.0186. The van der Waals surface area contributed by atoms with Crippen LogP contribution in [0.15, 0.2) is 0 Å². The number of ether oxygens (including phenoxy) is 1. The van der Waals surface area contributed by atoms with E-state index in [0.29, 0.717) is 19.6 Å². The summed E-state index contributed by atoms with van der Waals surface area (Å²) < 4.78 is 5.51. The number of nitrogens with zero attached hydrogens (tertiary/aromatic N) is 1. The Morgan fingerprint density at radius 2 is 1.86 bits per heavy atom. The standard InChI is InChI=1S/C16H30N2O3/c1-6-13-16(20)18(9-7-8-10-21-12(4)5)14(11(2)3)15(19)17-13/h11-14H,6-10H2,1-5H3,(H,17,19). The van der Waals surface area contributed by atoms with E-state index < -0.39 is 0 Å². The first kappa shape index (κ1) is 18.0. The van der Waals surface area contributed by atoms with Crippen LogP contribution in [-0.4, -0.2) is 48.1 Å². The summed E-state index contributed by atoms with van der Waals surface area (Å²) in [5.74, 6) is 0.161. The maximum Gasteiger partial charge on any atom is 0.245 e. The summed E-state index contributed by atoms with van der Waals surface area (Å²) in [7, 11) is 0. The summed E-state index contributed by atoms with van der Waals surface area (Å²) in [4.78, 5) is 26.4. The van der Waals surface area contributed by atoms with E-state index in [4.69, 9.17) is 4.74 Å². The van der Waals surface area contributed by atoms with Gasteiger partial charge in [-0.2, -0.15) is 0 Å². The minimum atomic E-state index is -0.362. The van der Waals surface area contributed by atoms with Crippen molar-refractivity contribution in [1.82, 2.24) is 10.2 Å². The van der Waals surface area contributed by atoms with Crippen LogP contribution >= 0.6 is 0 Å². The molecule has 21 heavy (non-hydrogen) atoms. The second-order valence-corrected chi connectivity index (χ2v) is 6.32. The molecule has 1 fully saturated rings. The van der Waals surface area contributed by atoms with Crippen molar-refractivity contribution < 1.29 is 14.3 Å². The predicted molar refractivity (Wildman–Crippen MR) is 82.9 cm³/mol. The zero-order valence-electron chi connectivity index (χ0n) is 14.0. The maximum atomic E-state index is 12.5. The Hall–Kier alpha value is -1.10. The highest BCUT2D eigenvalue weighted by atomic mass is 16.5. The summed E-state index contributed by atoms with van der Waals surface area (Å²) in [6.07, 6.45) is 2.65. The monoisotopic (exact) mass is 298 g/mol. The lowest BCUT2D eigenvalue weighted by Gasteiger charge is -2.40. The van der Waals surface area contributed by atoms with Gasteiger partial charge in [-0.05, 0) is 39.0 Å². The molecule has 122 valence electrons. The fourth-order valence-corrected chi connectivity index (χ4v) is 2.69. The second-order valence-electron chi connectivity index (χ2n) is 6.32. The van der Waals surface area contributed by atoms with Gasteiger partial charge in [-0.3, -0.25) is 9.59 Å². The molecule has 2 amide bonds. The SMILES string of the molecule is CCC1NC(=O)C(C(C)C)N(CCCCOC(C)C)C1=O. The van der Waals surface area contributed by atoms with Gasteiger partial charge < -0.3 is 15.0 Å². The predicted octanol–water partition coefficient (Wildman–Crippen LogP) is 1.95. The van der Waals surface area contributed by atoms with Gasteiger partial charge in [0.05, 0.1) is 6.10 Å². The lowest BCUT2D eigenvalue weighted by atomic mass is 9.96. The molecular formula is C16H30N2O3. The van der Waals surface area contributed by atoms with Crippen LogP contribution in [0.25, 0.3) is 0 Å². The summed E-state index contributed by atoms with van der Waals surface area (Å²) in [6, 6.07) is -0.703. The molecule has 1 rings (SSSR count). The van der Waals surface area contributed by atoms with Gasteiger partial charge in [-0.15, -0.1) is 0 Å². The molecule has 2 atom stereocenters. The first-order valence-corrected chi connectivity index (χ1v) is 8.10. The molecule has 1 saturated heterocycles. The zero-order chi connectivity index (χ0) is 16.0. The number of hydrogen-bond acceptors (Lipinski definition) is 3. The largest absolute Gasteiger partial charge is 0.379 e. The zero-order valence-corrected chi connectivity index (χ0v) is 14.0. The van der Waals surface area contributed by atoms with E-state index in [1.165, 1.54) is 0 Å². The number of carbonyl (C=O) groups excluding carboxylic acids is 2. The highest BCUT2D eigenvalue weighted by Gasteiger charge is 2.40. The Kier molecular flexibility index (Phi) is 7.15. The van der Waals surface area contributed by atoms with Crippen LogP contribution in [-0.2, 0) is 14.3 Å². The van der Waals surface area contributed by atoms with Crippen molar-refractivity contribution in [3.8, 4) is 0 Å².